The summed E-state index contributed by atoms with van der Waals surface area (Å²) in [6.07, 6.45) is 5.11. The van der Waals surface area contributed by atoms with Gasteiger partial charge in [-0.15, -0.1) is 0 Å². The van der Waals surface area contributed by atoms with Gasteiger partial charge in [-0.2, -0.15) is 0 Å². The van der Waals surface area contributed by atoms with Gasteiger partial charge >= 0.3 is 0 Å². The minimum Gasteiger partial charge on any atom is -0.356 e. The van der Waals surface area contributed by atoms with Crippen LogP contribution in [0.25, 0.3) is 0 Å². The van der Waals surface area contributed by atoms with Gasteiger partial charge in [0.25, 0.3) is 0 Å². The first-order chi connectivity index (χ1) is 5.83. The lowest BCUT2D eigenvalue weighted by Gasteiger charge is -2.02. The molecule has 70 valence electrons. The summed E-state index contributed by atoms with van der Waals surface area (Å²) < 4.78 is 0. The first kappa shape index (κ1) is 9.52. The predicted octanol–water partition coefficient (Wildman–Crippen LogP) is 0.642. The van der Waals surface area contributed by atoms with Gasteiger partial charge in [0.2, 0.25) is 5.91 Å². The monoisotopic (exact) mass is 170 g/mol. The molecule has 3 N–H and O–H groups in total. The standard InChI is InChI=1S/C9H18N2O/c10-6-2-1-3-9(12)11-7-8-4-5-8/h8H,1-7,10H2,(H,11,12). The van der Waals surface area contributed by atoms with Crippen LogP contribution in [0, 0.1) is 5.92 Å². The molecule has 1 rings (SSSR count). The number of amides is 1. The number of carbonyl (C=O) groups is 1. The van der Waals surface area contributed by atoms with Crippen molar-refractivity contribution in [2.75, 3.05) is 13.1 Å². The molecular weight excluding hydrogens is 152 g/mol. The number of hydrogen-bond acceptors (Lipinski definition) is 2. The highest BCUT2D eigenvalue weighted by Crippen LogP contribution is 2.27. The lowest BCUT2D eigenvalue weighted by molar-refractivity contribution is -0.121. The van der Waals surface area contributed by atoms with Crippen molar-refractivity contribution in [3.05, 3.63) is 0 Å². The van der Waals surface area contributed by atoms with E-state index < -0.39 is 0 Å². The van der Waals surface area contributed by atoms with E-state index in [1.807, 2.05) is 0 Å². The first-order valence-corrected chi connectivity index (χ1v) is 4.79. The number of nitrogens with one attached hydrogen (secondary N) is 1. The van der Waals surface area contributed by atoms with Gasteiger partial charge in [0.05, 0.1) is 0 Å². The Hall–Kier alpha value is -0.570. The van der Waals surface area contributed by atoms with Crippen LogP contribution in [0.1, 0.15) is 32.1 Å². The molecule has 1 amide bonds. The number of nitrogens with two attached hydrogens (primary N) is 1. The fourth-order valence-electron chi connectivity index (χ4n) is 1.10. The first-order valence-electron chi connectivity index (χ1n) is 4.79. The van der Waals surface area contributed by atoms with Gasteiger partial charge in [0.1, 0.15) is 0 Å². The van der Waals surface area contributed by atoms with E-state index in [0.717, 1.165) is 25.3 Å². The van der Waals surface area contributed by atoms with Gasteiger partial charge in [0.15, 0.2) is 0 Å². The van der Waals surface area contributed by atoms with Crippen LogP contribution in [0.2, 0.25) is 0 Å². The minimum absolute atomic E-state index is 0.190. The average molecular weight is 170 g/mol. The van der Waals surface area contributed by atoms with E-state index in [0.29, 0.717) is 13.0 Å². The van der Waals surface area contributed by atoms with Crippen molar-refractivity contribution < 1.29 is 4.79 Å². The number of carbonyl (C=O) groups excluding carboxylic acids is 1. The molecule has 0 aromatic heterocycles. The summed E-state index contributed by atoms with van der Waals surface area (Å²) in [5.41, 5.74) is 5.32. The molecule has 0 bridgehead atoms. The summed E-state index contributed by atoms with van der Waals surface area (Å²) in [6.45, 7) is 1.58. The Kier molecular flexibility index (Phi) is 4.08. The van der Waals surface area contributed by atoms with Crippen molar-refractivity contribution >= 4 is 5.91 Å². The van der Waals surface area contributed by atoms with E-state index in [4.69, 9.17) is 5.73 Å². The quantitative estimate of drug-likeness (QED) is 0.575. The molecule has 0 saturated heterocycles. The lowest BCUT2D eigenvalue weighted by atomic mass is 10.2. The van der Waals surface area contributed by atoms with Gasteiger partial charge < -0.3 is 11.1 Å². The zero-order valence-corrected chi connectivity index (χ0v) is 7.51. The topological polar surface area (TPSA) is 55.1 Å². The molecule has 1 fully saturated rings. The van der Waals surface area contributed by atoms with E-state index in [9.17, 15) is 4.79 Å². The molecule has 0 radical (unpaired) electrons. The van der Waals surface area contributed by atoms with E-state index in [-0.39, 0.29) is 5.91 Å². The predicted molar refractivity (Wildman–Crippen MR) is 48.6 cm³/mol. The van der Waals surface area contributed by atoms with Crippen LogP contribution < -0.4 is 11.1 Å². The van der Waals surface area contributed by atoms with Crippen LogP contribution in [0.4, 0.5) is 0 Å². The highest BCUT2D eigenvalue weighted by atomic mass is 16.1. The van der Waals surface area contributed by atoms with Gasteiger partial charge in [-0.1, -0.05) is 0 Å². The van der Waals surface area contributed by atoms with Gasteiger partial charge in [-0.25, -0.2) is 0 Å². The number of hydrogen-bond donors (Lipinski definition) is 2. The molecule has 3 heteroatoms. The molecule has 0 aromatic rings. The van der Waals surface area contributed by atoms with Gasteiger partial charge in [-0.3, -0.25) is 4.79 Å². The molecule has 0 atom stereocenters. The number of rotatable bonds is 6. The van der Waals surface area contributed by atoms with E-state index in [2.05, 4.69) is 5.32 Å². The van der Waals surface area contributed by atoms with Crippen molar-refractivity contribution in [1.82, 2.24) is 5.32 Å². The highest BCUT2D eigenvalue weighted by molar-refractivity contribution is 5.75. The second-order valence-electron chi connectivity index (χ2n) is 3.49. The maximum atomic E-state index is 11.1. The highest BCUT2D eigenvalue weighted by Gasteiger charge is 2.21. The maximum absolute atomic E-state index is 11.1. The average Bonchev–Trinajstić information content (AvgIpc) is 2.84. The molecule has 0 aliphatic heterocycles. The summed E-state index contributed by atoms with van der Waals surface area (Å²) >= 11 is 0. The fourth-order valence-corrected chi connectivity index (χ4v) is 1.10. The van der Waals surface area contributed by atoms with Crippen molar-refractivity contribution in [3.63, 3.8) is 0 Å². The molecule has 0 heterocycles. The van der Waals surface area contributed by atoms with E-state index in [1.54, 1.807) is 0 Å². The summed E-state index contributed by atoms with van der Waals surface area (Å²) in [7, 11) is 0. The minimum atomic E-state index is 0.190. The van der Waals surface area contributed by atoms with Crippen molar-refractivity contribution in [2.45, 2.75) is 32.1 Å². The summed E-state index contributed by atoms with van der Waals surface area (Å²) in [5, 5.41) is 2.92. The largest absolute Gasteiger partial charge is 0.356 e. The van der Waals surface area contributed by atoms with Crippen LogP contribution >= 0.6 is 0 Å². The molecule has 1 aliphatic carbocycles. The van der Waals surface area contributed by atoms with Crippen LogP contribution in [-0.4, -0.2) is 19.0 Å². The second-order valence-corrected chi connectivity index (χ2v) is 3.49. The SMILES string of the molecule is NCCCCC(=O)NCC1CC1. The zero-order valence-electron chi connectivity index (χ0n) is 7.51. The summed E-state index contributed by atoms with van der Waals surface area (Å²) in [6, 6.07) is 0. The maximum Gasteiger partial charge on any atom is 0.220 e. The van der Waals surface area contributed by atoms with E-state index >= 15 is 0 Å². The summed E-state index contributed by atoms with van der Waals surface area (Å²) in [5.74, 6) is 0.971. The van der Waals surface area contributed by atoms with Crippen molar-refractivity contribution in [1.29, 1.82) is 0 Å². The molecule has 0 spiro atoms. The Labute approximate surface area is 73.7 Å². The number of unbranched alkanes of at least 4 members (excludes halogenated alkanes) is 1. The fraction of sp³-hybridized carbons (Fsp3) is 0.889. The zero-order chi connectivity index (χ0) is 8.81. The van der Waals surface area contributed by atoms with Crippen LogP contribution in [-0.2, 0) is 4.79 Å². The molecule has 12 heavy (non-hydrogen) atoms. The van der Waals surface area contributed by atoms with Crippen molar-refractivity contribution in [3.8, 4) is 0 Å². The molecule has 1 saturated carbocycles. The van der Waals surface area contributed by atoms with E-state index in [1.165, 1.54) is 12.8 Å². The second kappa shape index (κ2) is 5.14. The molecule has 3 nitrogen and oxygen atoms in total. The van der Waals surface area contributed by atoms with Crippen LogP contribution in [0.15, 0.2) is 0 Å². The molecular formula is C9H18N2O. The van der Waals surface area contributed by atoms with Gasteiger partial charge in [0, 0.05) is 13.0 Å². The Morgan fingerprint density at radius 2 is 2.17 bits per heavy atom. The summed E-state index contributed by atoms with van der Waals surface area (Å²) in [4.78, 5) is 11.1. The molecule has 0 unspecified atom stereocenters. The lowest BCUT2D eigenvalue weighted by Crippen LogP contribution is -2.25. The third-order valence-electron chi connectivity index (χ3n) is 2.14. The van der Waals surface area contributed by atoms with Crippen LogP contribution in [0.3, 0.4) is 0 Å². The third kappa shape index (κ3) is 4.34. The normalized spacial score (nSPS) is 16.1. The molecule has 1 aliphatic rings. The Morgan fingerprint density at radius 3 is 2.75 bits per heavy atom. The smallest absolute Gasteiger partial charge is 0.220 e. The Balaban J connectivity index is 1.88. The third-order valence-corrected chi connectivity index (χ3v) is 2.14. The van der Waals surface area contributed by atoms with Crippen molar-refractivity contribution in [2.24, 2.45) is 11.7 Å². The Morgan fingerprint density at radius 1 is 1.42 bits per heavy atom. The van der Waals surface area contributed by atoms with Gasteiger partial charge in [-0.05, 0) is 38.1 Å². The Bertz CT molecular complexity index is 143. The van der Waals surface area contributed by atoms with Crippen LogP contribution in [0.5, 0.6) is 0 Å². The molecule has 0 aromatic carbocycles.